The Labute approximate surface area is 193 Å². The Hall–Kier alpha value is -3.35. The molecule has 1 aliphatic carbocycles. The van der Waals surface area contributed by atoms with E-state index in [0.717, 1.165) is 22.3 Å². The highest BCUT2D eigenvalue weighted by Crippen LogP contribution is 2.44. The molecule has 4 rings (SSSR count). The van der Waals surface area contributed by atoms with E-state index < -0.39 is 23.5 Å². The lowest BCUT2D eigenvalue weighted by molar-refractivity contribution is -0.149. The summed E-state index contributed by atoms with van der Waals surface area (Å²) in [5, 5.41) is 12.2. The van der Waals surface area contributed by atoms with Crippen molar-refractivity contribution in [3.63, 3.8) is 0 Å². The molecule has 0 radical (unpaired) electrons. The third-order valence-electron chi connectivity index (χ3n) is 7.13. The van der Waals surface area contributed by atoms with Crippen LogP contribution in [0.5, 0.6) is 0 Å². The molecule has 0 spiro atoms. The molecule has 2 aliphatic rings. The van der Waals surface area contributed by atoms with Crippen molar-refractivity contribution < 1.29 is 24.2 Å². The first-order chi connectivity index (χ1) is 15.7. The number of alkyl carbamates (subject to hydrolysis) is 1. The molecule has 7 nitrogen and oxygen atoms in total. The molecule has 1 heterocycles. The van der Waals surface area contributed by atoms with Crippen LogP contribution in [0.2, 0.25) is 0 Å². The summed E-state index contributed by atoms with van der Waals surface area (Å²) < 4.78 is 5.55. The molecule has 2 amide bonds. The molecule has 174 valence electrons. The second-order valence-corrected chi connectivity index (χ2v) is 9.47. The second-order valence-electron chi connectivity index (χ2n) is 9.47. The maximum Gasteiger partial charge on any atom is 0.407 e. The van der Waals surface area contributed by atoms with Gasteiger partial charge in [-0.3, -0.25) is 9.59 Å². The maximum absolute atomic E-state index is 12.7. The largest absolute Gasteiger partial charge is 0.481 e. The molecule has 1 saturated heterocycles. The number of benzene rings is 2. The van der Waals surface area contributed by atoms with Crippen LogP contribution in [0, 0.1) is 11.3 Å². The fraction of sp³-hybridized carbons (Fsp3) is 0.423. The Morgan fingerprint density at radius 3 is 2.24 bits per heavy atom. The lowest BCUT2D eigenvalue weighted by atomic mass is 9.81. The molecule has 33 heavy (non-hydrogen) atoms. The van der Waals surface area contributed by atoms with E-state index in [1.165, 1.54) is 0 Å². The van der Waals surface area contributed by atoms with Gasteiger partial charge in [0.1, 0.15) is 6.61 Å². The zero-order valence-corrected chi connectivity index (χ0v) is 19.2. The average Bonchev–Trinajstić information content (AvgIpc) is 3.27. The predicted octanol–water partition coefficient (Wildman–Crippen LogP) is 3.87. The standard InChI is InChI=1S/C26H30N2O5/c1-16-13-28(15-26(16,3)24(30)31)23(29)12-17(2)27-25(32)33-14-22-20-10-6-4-8-18(20)19-9-5-7-11-21(19)22/h4-11,16-17,22H,12-15H2,1-3H3,(H,27,32)(H,30,31)/t16-,17+,26-/m1/s1. The first-order valence-electron chi connectivity index (χ1n) is 11.3. The number of ether oxygens (including phenoxy) is 1. The zero-order valence-electron chi connectivity index (χ0n) is 19.2. The molecule has 3 atom stereocenters. The molecule has 2 N–H and O–H groups in total. The van der Waals surface area contributed by atoms with Gasteiger partial charge < -0.3 is 20.1 Å². The maximum atomic E-state index is 12.7. The van der Waals surface area contributed by atoms with Crippen molar-refractivity contribution in [3.8, 4) is 11.1 Å². The van der Waals surface area contributed by atoms with Gasteiger partial charge in [0.2, 0.25) is 5.91 Å². The minimum Gasteiger partial charge on any atom is -0.481 e. The van der Waals surface area contributed by atoms with Crippen molar-refractivity contribution in [2.45, 2.75) is 39.2 Å². The minimum absolute atomic E-state index is 0.0279. The molecule has 0 saturated carbocycles. The number of hydrogen-bond acceptors (Lipinski definition) is 4. The average molecular weight is 451 g/mol. The van der Waals surface area contributed by atoms with E-state index in [9.17, 15) is 19.5 Å². The van der Waals surface area contributed by atoms with E-state index in [2.05, 4.69) is 29.6 Å². The van der Waals surface area contributed by atoms with Crippen LogP contribution in [0.15, 0.2) is 48.5 Å². The summed E-state index contributed by atoms with van der Waals surface area (Å²) >= 11 is 0. The molecule has 0 bridgehead atoms. The second kappa shape index (κ2) is 8.89. The fourth-order valence-corrected chi connectivity index (χ4v) is 4.90. The molecule has 7 heteroatoms. The quantitative estimate of drug-likeness (QED) is 0.697. The number of carboxylic acids is 1. The lowest BCUT2D eigenvalue weighted by Gasteiger charge is -2.23. The third-order valence-corrected chi connectivity index (χ3v) is 7.13. The number of amides is 2. The van der Waals surface area contributed by atoms with Gasteiger partial charge in [0.05, 0.1) is 5.41 Å². The summed E-state index contributed by atoms with van der Waals surface area (Å²) in [7, 11) is 0. The number of rotatable bonds is 6. The number of carboxylic acid groups (broad SMARTS) is 1. The highest BCUT2D eigenvalue weighted by atomic mass is 16.5. The van der Waals surface area contributed by atoms with E-state index in [1.54, 1.807) is 18.7 Å². The van der Waals surface area contributed by atoms with Crippen molar-refractivity contribution in [2.24, 2.45) is 11.3 Å². The summed E-state index contributed by atoms with van der Waals surface area (Å²) in [5.74, 6) is -1.22. The number of carbonyl (C=O) groups excluding carboxylic acids is 2. The van der Waals surface area contributed by atoms with Gasteiger partial charge >= 0.3 is 12.1 Å². The first-order valence-corrected chi connectivity index (χ1v) is 11.3. The van der Waals surface area contributed by atoms with Crippen LogP contribution >= 0.6 is 0 Å². The van der Waals surface area contributed by atoms with Gasteiger partial charge in [-0.1, -0.05) is 55.5 Å². The Morgan fingerprint density at radius 1 is 1.12 bits per heavy atom. The zero-order chi connectivity index (χ0) is 23.8. The molecule has 1 aliphatic heterocycles. The molecule has 2 aromatic carbocycles. The van der Waals surface area contributed by atoms with Crippen LogP contribution in [0.3, 0.4) is 0 Å². The van der Waals surface area contributed by atoms with Crippen LogP contribution < -0.4 is 5.32 Å². The van der Waals surface area contributed by atoms with Crippen LogP contribution in [0.25, 0.3) is 11.1 Å². The third kappa shape index (κ3) is 4.32. The van der Waals surface area contributed by atoms with Crippen LogP contribution in [0.4, 0.5) is 4.79 Å². The summed E-state index contributed by atoms with van der Waals surface area (Å²) in [6.07, 6.45) is -0.477. The van der Waals surface area contributed by atoms with Gasteiger partial charge in [-0.15, -0.1) is 0 Å². The van der Waals surface area contributed by atoms with Gasteiger partial charge in [-0.2, -0.15) is 0 Å². The van der Waals surface area contributed by atoms with E-state index in [1.807, 2.05) is 31.2 Å². The number of carbonyl (C=O) groups is 3. The molecular formula is C26H30N2O5. The van der Waals surface area contributed by atoms with Gasteiger partial charge in [0.25, 0.3) is 0 Å². The summed E-state index contributed by atoms with van der Waals surface area (Å²) in [6.45, 7) is 6.06. The molecule has 2 aromatic rings. The van der Waals surface area contributed by atoms with Crippen LogP contribution in [-0.4, -0.2) is 53.7 Å². The Kier molecular flexibility index (Phi) is 6.15. The van der Waals surface area contributed by atoms with Gasteiger partial charge in [0.15, 0.2) is 0 Å². The summed E-state index contributed by atoms with van der Waals surface area (Å²) in [5.41, 5.74) is 3.65. The highest BCUT2D eigenvalue weighted by molar-refractivity contribution is 5.82. The number of likely N-dealkylation sites (tertiary alicyclic amines) is 1. The lowest BCUT2D eigenvalue weighted by Crippen LogP contribution is -2.40. The molecule has 0 aromatic heterocycles. The monoisotopic (exact) mass is 450 g/mol. The van der Waals surface area contributed by atoms with E-state index in [0.29, 0.717) is 6.54 Å². The number of nitrogens with zero attached hydrogens (tertiary/aromatic N) is 1. The molecular weight excluding hydrogens is 420 g/mol. The topological polar surface area (TPSA) is 95.9 Å². The molecule has 0 unspecified atom stereocenters. The number of fused-ring (bicyclic) bond motifs is 3. The molecule has 1 fully saturated rings. The van der Waals surface area contributed by atoms with E-state index in [4.69, 9.17) is 4.74 Å². The van der Waals surface area contributed by atoms with Gasteiger partial charge in [0, 0.05) is 31.5 Å². The summed E-state index contributed by atoms with van der Waals surface area (Å²) in [6, 6.07) is 15.8. The number of aliphatic carboxylic acids is 1. The van der Waals surface area contributed by atoms with E-state index in [-0.39, 0.29) is 37.3 Å². The normalized spacial score (nSPS) is 22.4. The Bertz CT molecular complexity index is 1040. The van der Waals surface area contributed by atoms with Crippen molar-refractivity contribution in [3.05, 3.63) is 59.7 Å². The first kappa shape index (κ1) is 22.8. The van der Waals surface area contributed by atoms with Crippen molar-refractivity contribution in [1.29, 1.82) is 0 Å². The number of hydrogen-bond donors (Lipinski definition) is 2. The SMILES string of the molecule is C[C@@H]1CN(C(=O)C[C@H](C)NC(=O)OCC2c3ccccc3-c3ccccc32)C[C@@]1(C)C(=O)O. The van der Waals surface area contributed by atoms with Gasteiger partial charge in [-0.05, 0) is 42.0 Å². The van der Waals surface area contributed by atoms with Crippen LogP contribution in [-0.2, 0) is 14.3 Å². The van der Waals surface area contributed by atoms with Crippen LogP contribution in [0.1, 0.15) is 44.2 Å². The highest BCUT2D eigenvalue weighted by Gasteiger charge is 2.47. The Balaban J connectivity index is 1.31. The van der Waals surface area contributed by atoms with Crippen molar-refractivity contribution in [1.82, 2.24) is 10.2 Å². The fourth-order valence-electron chi connectivity index (χ4n) is 4.90. The van der Waals surface area contributed by atoms with Crippen molar-refractivity contribution >= 4 is 18.0 Å². The predicted molar refractivity (Wildman–Crippen MR) is 124 cm³/mol. The van der Waals surface area contributed by atoms with E-state index >= 15 is 0 Å². The number of nitrogens with one attached hydrogen (secondary N) is 1. The van der Waals surface area contributed by atoms with Gasteiger partial charge in [-0.25, -0.2) is 4.79 Å². The summed E-state index contributed by atoms with van der Waals surface area (Å²) in [4.78, 5) is 38.3. The minimum atomic E-state index is -0.945. The van der Waals surface area contributed by atoms with Crippen molar-refractivity contribution in [2.75, 3.05) is 19.7 Å². The smallest absolute Gasteiger partial charge is 0.407 e. The Morgan fingerprint density at radius 2 is 1.70 bits per heavy atom.